The Labute approximate surface area is 144 Å². The van der Waals surface area contributed by atoms with Crippen molar-refractivity contribution in [3.8, 4) is 5.75 Å². The zero-order valence-corrected chi connectivity index (χ0v) is 14.4. The van der Waals surface area contributed by atoms with E-state index in [1.54, 1.807) is 7.11 Å². The predicted octanol–water partition coefficient (Wildman–Crippen LogP) is 1.59. The summed E-state index contributed by atoms with van der Waals surface area (Å²) >= 11 is 0. The van der Waals surface area contributed by atoms with E-state index in [1.165, 1.54) is 18.4 Å². The molecular weight excluding hydrogens is 314 g/mol. The predicted molar refractivity (Wildman–Crippen MR) is 93.2 cm³/mol. The maximum Gasteiger partial charge on any atom is 0.225 e. The summed E-state index contributed by atoms with van der Waals surface area (Å²) in [4.78, 5) is 14.6. The van der Waals surface area contributed by atoms with E-state index < -0.39 is 0 Å². The van der Waals surface area contributed by atoms with E-state index >= 15 is 0 Å². The highest BCUT2D eigenvalue weighted by atomic mass is 35.5. The van der Waals surface area contributed by atoms with E-state index in [0.29, 0.717) is 6.54 Å². The molecule has 1 aromatic carbocycles. The molecule has 1 amide bonds. The quantitative estimate of drug-likeness (QED) is 0.826. The van der Waals surface area contributed by atoms with E-state index in [0.717, 1.165) is 31.9 Å². The van der Waals surface area contributed by atoms with Gasteiger partial charge >= 0.3 is 0 Å². The Morgan fingerprint density at radius 1 is 1.30 bits per heavy atom. The molecule has 0 saturated carbocycles. The van der Waals surface area contributed by atoms with Crippen molar-refractivity contribution in [2.75, 3.05) is 39.8 Å². The van der Waals surface area contributed by atoms with Crippen LogP contribution in [0.2, 0.25) is 0 Å². The molecule has 1 unspecified atom stereocenters. The molecular formula is C17H26ClN3O2. The van der Waals surface area contributed by atoms with Gasteiger partial charge in [0.1, 0.15) is 5.75 Å². The van der Waals surface area contributed by atoms with Gasteiger partial charge in [0.2, 0.25) is 5.91 Å². The van der Waals surface area contributed by atoms with Gasteiger partial charge < -0.3 is 15.4 Å². The molecule has 6 heteroatoms. The fourth-order valence-electron chi connectivity index (χ4n) is 3.15. The molecule has 2 aliphatic heterocycles. The van der Waals surface area contributed by atoms with Crippen LogP contribution in [0, 0.1) is 5.92 Å². The van der Waals surface area contributed by atoms with Crippen LogP contribution in [-0.2, 0) is 4.79 Å². The van der Waals surface area contributed by atoms with Crippen LogP contribution in [0.3, 0.4) is 0 Å². The summed E-state index contributed by atoms with van der Waals surface area (Å²) in [5.74, 6) is 1.19. The topological polar surface area (TPSA) is 53.6 Å². The van der Waals surface area contributed by atoms with Gasteiger partial charge in [-0.2, -0.15) is 0 Å². The molecule has 0 radical (unpaired) electrons. The SMILES string of the molecule is COc1ccc(C(CNC(=O)C2CNC2)N2CCCC2)cc1.Cl. The zero-order chi connectivity index (χ0) is 15.4. The minimum Gasteiger partial charge on any atom is -0.497 e. The van der Waals surface area contributed by atoms with Gasteiger partial charge in [0.25, 0.3) is 0 Å². The number of nitrogens with zero attached hydrogens (tertiary/aromatic N) is 1. The van der Waals surface area contributed by atoms with Crippen molar-refractivity contribution in [3.63, 3.8) is 0 Å². The van der Waals surface area contributed by atoms with E-state index in [1.807, 2.05) is 12.1 Å². The van der Waals surface area contributed by atoms with Crippen molar-refractivity contribution in [1.82, 2.24) is 15.5 Å². The van der Waals surface area contributed by atoms with Gasteiger partial charge in [-0.25, -0.2) is 0 Å². The van der Waals surface area contributed by atoms with Gasteiger partial charge in [-0.1, -0.05) is 12.1 Å². The average Bonchev–Trinajstić information content (AvgIpc) is 3.00. The minimum atomic E-state index is 0. The molecule has 2 saturated heterocycles. The van der Waals surface area contributed by atoms with Crippen molar-refractivity contribution < 1.29 is 9.53 Å². The molecule has 2 N–H and O–H groups in total. The van der Waals surface area contributed by atoms with Crippen LogP contribution in [0.1, 0.15) is 24.4 Å². The molecule has 128 valence electrons. The highest BCUT2D eigenvalue weighted by molar-refractivity contribution is 5.85. The first-order valence-corrected chi connectivity index (χ1v) is 8.14. The lowest BCUT2D eigenvalue weighted by Gasteiger charge is -2.31. The number of amides is 1. The third-order valence-electron chi connectivity index (χ3n) is 4.70. The molecule has 2 heterocycles. The highest BCUT2D eigenvalue weighted by Crippen LogP contribution is 2.26. The second-order valence-corrected chi connectivity index (χ2v) is 6.13. The van der Waals surface area contributed by atoms with Crippen molar-refractivity contribution in [2.24, 2.45) is 5.92 Å². The second kappa shape index (κ2) is 8.52. The van der Waals surface area contributed by atoms with Gasteiger partial charge in [0.15, 0.2) is 0 Å². The summed E-state index contributed by atoms with van der Waals surface area (Å²) < 4.78 is 5.24. The first-order chi connectivity index (χ1) is 10.8. The molecule has 2 aliphatic rings. The minimum absolute atomic E-state index is 0. The van der Waals surface area contributed by atoms with E-state index in [9.17, 15) is 4.79 Å². The lowest BCUT2D eigenvalue weighted by atomic mass is 10.0. The summed E-state index contributed by atoms with van der Waals surface area (Å²) in [6.45, 7) is 4.52. The summed E-state index contributed by atoms with van der Waals surface area (Å²) in [6.07, 6.45) is 2.49. The van der Waals surface area contributed by atoms with Crippen LogP contribution < -0.4 is 15.4 Å². The Balaban J connectivity index is 0.00000192. The largest absolute Gasteiger partial charge is 0.497 e. The Morgan fingerprint density at radius 2 is 1.96 bits per heavy atom. The lowest BCUT2D eigenvalue weighted by Crippen LogP contribution is -2.51. The number of nitrogens with one attached hydrogen (secondary N) is 2. The number of likely N-dealkylation sites (tertiary alicyclic amines) is 1. The number of hydrogen-bond acceptors (Lipinski definition) is 4. The zero-order valence-electron chi connectivity index (χ0n) is 13.6. The van der Waals surface area contributed by atoms with Crippen molar-refractivity contribution in [1.29, 1.82) is 0 Å². The molecule has 23 heavy (non-hydrogen) atoms. The van der Waals surface area contributed by atoms with Crippen LogP contribution in [-0.4, -0.2) is 50.6 Å². The summed E-state index contributed by atoms with van der Waals surface area (Å²) in [7, 11) is 1.68. The van der Waals surface area contributed by atoms with Gasteiger partial charge in [0, 0.05) is 19.6 Å². The third-order valence-corrected chi connectivity index (χ3v) is 4.70. The number of halogens is 1. The monoisotopic (exact) mass is 339 g/mol. The van der Waals surface area contributed by atoms with Crippen LogP contribution in [0.15, 0.2) is 24.3 Å². The number of methoxy groups -OCH3 is 1. The van der Waals surface area contributed by atoms with E-state index in [2.05, 4.69) is 27.7 Å². The van der Waals surface area contributed by atoms with Gasteiger partial charge in [-0.3, -0.25) is 9.69 Å². The molecule has 0 aliphatic carbocycles. The number of carbonyl (C=O) groups excluding carboxylic acids is 1. The number of rotatable bonds is 6. The molecule has 1 atom stereocenters. The Morgan fingerprint density at radius 3 is 2.48 bits per heavy atom. The van der Waals surface area contributed by atoms with Crippen LogP contribution in [0.5, 0.6) is 5.75 Å². The molecule has 0 bridgehead atoms. The molecule has 3 rings (SSSR count). The van der Waals surface area contributed by atoms with Crippen molar-refractivity contribution in [2.45, 2.75) is 18.9 Å². The molecule has 0 spiro atoms. The van der Waals surface area contributed by atoms with Crippen LogP contribution in [0.25, 0.3) is 0 Å². The first kappa shape index (κ1) is 18.0. The Bertz CT molecular complexity index is 499. The maximum atomic E-state index is 12.1. The Kier molecular flexibility index (Phi) is 6.69. The normalized spacial score (nSPS) is 19.5. The maximum absolute atomic E-state index is 12.1. The highest BCUT2D eigenvalue weighted by Gasteiger charge is 2.28. The van der Waals surface area contributed by atoms with E-state index in [-0.39, 0.29) is 30.3 Å². The average molecular weight is 340 g/mol. The van der Waals surface area contributed by atoms with Crippen molar-refractivity contribution in [3.05, 3.63) is 29.8 Å². The van der Waals surface area contributed by atoms with E-state index in [4.69, 9.17) is 4.74 Å². The summed E-state index contributed by atoms with van der Waals surface area (Å²) in [5.41, 5.74) is 1.25. The molecule has 2 fully saturated rings. The molecule has 1 aromatic rings. The third kappa shape index (κ3) is 4.37. The number of carbonyl (C=O) groups is 1. The second-order valence-electron chi connectivity index (χ2n) is 6.13. The summed E-state index contributed by atoms with van der Waals surface area (Å²) in [6, 6.07) is 8.47. The lowest BCUT2D eigenvalue weighted by molar-refractivity contribution is -0.126. The summed E-state index contributed by atoms with van der Waals surface area (Å²) in [5, 5.41) is 6.28. The Hall–Kier alpha value is -1.30. The van der Waals surface area contributed by atoms with Crippen molar-refractivity contribution >= 4 is 18.3 Å². The van der Waals surface area contributed by atoms with Gasteiger partial charge in [0.05, 0.1) is 19.1 Å². The smallest absolute Gasteiger partial charge is 0.225 e. The van der Waals surface area contributed by atoms with Gasteiger partial charge in [-0.05, 0) is 43.6 Å². The van der Waals surface area contributed by atoms with Gasteiger partial charge in [-0.15, -0.1) is 12.4 Å². The molecule has 0 aromatic heterocycles. The number of hydrogen-bond donors (Lipinski definition) is 2. The fourth-order valence-corrected chi connectivity index (χ4v) is 3.15. The standard InChI is InChI=1S/C17H25N3O2.ClH/c1-22-15-6-4-13(5-7-15)16(20-8-2-3-9-20)12-19-17(21)14-10-18-11-14;/h4-7,14,16,18H,2-3,8-12H2,1H3,(H,19,21);1H. The molecule has 5 nitrogen and oxygen atoms in total. The number of ether oxygens (including phenoxy) is 1. The first-order valence-electron chi connectivity index (χ1n) is 8.14. The van der Waals surface area contributed by atoms with Crippen LogP contribution in [0.4, 0.5) is 0 Å². The fraction of sp³-hybridized carbons (Fsp3) is 0.588. The number of benzene rings is 1. The van der Waals surface area contributed by atoms with Crippen LogP contribution >= 0.6 is 12.4 Å².